The predicted molar refractivity (Wildman–Crippen MR) is 59.0 cm³/mol. The number of aromatic carboxylic acids is 5. The minimum Gasteiger partial charge on any atom is -0.478 e. The van der Waals surface area contributed by atoms with Crippen molar-refractivity contribution in [1.29, 1.82) is 0 Å². The van der Waals surface area contributed by atoms with Crippen LogP contribution in [0.4, 0.5) is 0 Å². The van der Waals surface area contributed by atoms with Crippen LogP contribution < -0.4 is 0 Å². The highest BCUT2D eigenvalue weighted by atomic mass is 16.4. The van der Waals surface area contributed by atoms with Crippen molar-refractivity contribution in [2.45, 2.75) is 0 Å². The van der Waals surface area contributed by atoms with Gasteiger partial charge in [-0.25, -0.2) is 29.0 Å². The zero-order valence-corrected chi connectivity index (χ0v) is 9.72. The van der Waals surface area contributed by atoms with Crippen LogP contribution in [0.25, 0.3) is 0 Å². The van der Waals surface area contributed by atoms with E-state index in [-0.39, 0.29) is 0 Å². The molecule has 0 aromatic carbocycles. The highest BCUT2D eigenvalue weighted by molar-refractivity contribution is 6.16. The molecule has 0 bridgehead atoms. The van der Waals surface area contributed by atoms with Crippen LogP contribution in [-0.4, -0.2) is 60.4 Å². The molecule has 1 aromatic rings. The standard InChI is InChI=1S/C10H5NO10/c12-6(13)1-2(7(14)15)4(9(18)19)11-5(10(20)21)3(1)8(16)17/h(H,12,13)(H,14,15)(H,16,17)(H,18,19)(H,20,21). The Morgan fingerprint density at radius 2 is 0.810 bits per heavy atom. The number of carboxylic acid groups (broad SMARTS) is 5. The van der Waals surface area contributed by atoms with E-state index >= 15 is 0 Å². The Labute approximate surface area is 113 Å². The molecule has 0 aliphatic rings. The summed E-state index contributed by atoms with van der Waals surface area (Å²) in [7, 11) is 0. The second-order valence-corrected chi connectivity index (χ2v) is 3.46. The van der Waals surface area contributed by atoms with Crippen LogP contribution in [0.2, 0.25) is 0 Å². The molecule has 1 rings (SSSR count). The van der Waals surface area contributed by atoms with Gasteiger partial charge >= 0.3 is 29.8 Å². The van der Waals surface area contributed by atoms with Crippen LogP contribution in [-0.2, 0) is 0 Å². The third-order valence-electron chi connectivity index (χ3n) is 2.24. The van der Waals surface area contributed by atoms with E-state index in [4.69, 9.17) is 25.5 Å². The minimum absolute atomic E-state index is 1.39. The van der Waals surface area contributed by atoms with Crippen LogP contribution >= 0.6 is 0 Å². The lowest BCUT2D eigenvalue weighted by molar-refractivity contribution is 0.0602. The summed E-state index contributed by atoms with van der Waals surface area (Å²) in [5.74, 6) is -10.3. The maximum absolute atomic E-state index is 11.1. The van der Waals surface area contributed by atoms with Crippen molar-refractivity contribution in [2.24, 2.45) is 0 Å². The second kappa shape index (κ2) is 5.24. The average Bonchev–Trinajstić information content (AvgIpc) is 2.34. The molecule has 5 N–H and O–H groups in total. The van der Waals surface area contributed by atoms with Crippen molar-refractivity contribution in [1.82, 2.24) is 4.98 Å². The van der Waals surface area contributed by atoms with Crippen LogP contribution in [0.3, 0.4) is 0 Å². The van der Waals surface area contributed by atoms with Crippen molar-refractivity contribution in [2.75, 3.05) is 0 Å². The Kier molecular flexibility index (Phi) is 3.88. The third kappa shape index (κ3) is 2.60. The lowest BCUT2D eigenvalue weighted by atomic mass is 9.97. The second-order valence-electron chi connectivity index (χ2n) is 3.46. The Balaban J connectivity index is 4.13. The van der Waals surface area contributed by atoms with E-state index in [9.17, 15) is 24.0 Å². The van der Waals surface area contributed by atoms with Crippen molar-refractivity contribution in [3.05, 3.63) is 28.1 Å². The number of pyridine rings is 1. The van der Waals surface area contributed by atoms with Crippen molar-refractivity contribution >= 4 is 29.8 Å². The van der Waals surface area contributed by atoms with Gasteiger partial charge in [0.1, 0.15) is 11.1 Å². The summed E-state index contributed by atoms with van der Waals surface area (Å²) < 4.78 is 0. The highest BCUT2D eigenvalue weighted by Crippen LogP contribution is 2.22. The van der Waals surface area contributed by atoms with E-state index in [1.807, 2.05) is 0 Å². The van der Waals surface area contributed by atoms with E-state index in [0.717, 1.165) is 0 Å². The van der Waals surface area contributed by atoms with Gasteiger partial charge in [-0.1, -0.05) is 0 Å². The molecule has 0 saturated carbocycles. The maximum atomic E-state index is 11.1. The molecule has 21 heavy (non-hydrogen) atoms. The molecule has 1 heterocycles. The summed E-state index contributed by atoms with van der Waals surface area (Å²) in [5, 5.41) is 44.3. The zero-order chi connectivity index (χ0) is 16.5. The summed E-state index contributed by atoms with van der Waals surface area (Å²) in [5.41, 5.74) is -7.08. The third-order valence-corrected chi connectivity index (χ3v) is 2.24. The molecule has 0 aliphatic heterocycles. The van der Waals surface area contributed by atoms with Crippen molar-refractivity contribution in [3.63, 3.8) is 0 Å². The predicted octanol–water partition coefficient (Wildman–Crippen LogP) is -0.427. The van der Waals surface area contributed by atoms with Crippen LogP contribution in [0.5, 0.6) is 0 Å². The first-order valence-electron chi connectivity index (χ1n) is 4.84. The van der Waals surface area contributed by atoms with E-state index < -0.39 is 57.9 Å². The van der Waals surface area contributed by atoms with Gasteiger partial charge < -0.3 is 25.5 Å². The highest BCUT2D eigenvalue weighted by Gasteiger charge is 2.35. The molecule has 110 valence electrons. The molecule has 0 unspecified atom stereocenters. The number of nitrogens with zero attached hydrogens (tertiary/aromatic N) is 1. The number of hydrogen-bond donors (Lipinski definition) is 5. The van der Waals surface area contributed by atoms with Crippen LogP contribution in [0.15, 0.2) is 0 Å². The van der Waals surface area contributed by atoms with Crippen molar-refractivity contribution in [3.8, 4) is 0 Å². The lowest BCUT2D eigenvalue weighted by Gasteiger charge is -2.11. The Hall–Kier alpha value is -3.50. The average molecular weight is 299 g/mol. The Morgan fingerprint density at radius 3 is 1.00 bits per heavy atom. The molecule has 11 heteroatoms. The van der Waals surface area contributed by atoms with E-state index in [1.165, 1.54) is 0 Å². The van der Waals surface area contributed by atoms with Gasteiger partial charge in [-0.15, -0.1) is 0 Å². The van der Waals surface area contributed by atoms with Crippen LogP contribution in [0, 0.1) is 0 Å². The van der Waals surface area contributed by atoms with E-state index in [1.54, 1.807) is 0 Å². The number of carboxylic acids is 5. The van der Waals surface area contributed by atoms with Gasteiger partial charge in [-0.05, 0) is 0 Å². The quantitative estimate of drug-likeness (QED) is 0.472. The zero-order valence-electron chi connectivity index (χ0n) is 9.72. The number of rotatable bonds is 5. The number of aromatic nitrogens is 1. The molecule has 0 amide bonds. The maximum Gasteiger partial charge on any atom is 0.355 e. The minimum atomic E-state index is -2.11. The van der Waals surface area contributed by atoms with Gasteiger partial charge in [-0.2, -0.15) is 0 Å². The lowest BCUT2D eigenvalue weighted by Crippen LogP contribution is -2.25. The first-order valence-corrected chi connectivity index (χ1v) is 4.84. The van der Waals surface area contributed by atoms with Gasteiger partial charge in [0.2, 0.25) is 0 Å². The monoisotopic (exact) mass is 299 g/mol. The molecule has 0 fully saturated rings. The largest absolute Gasteiger partial charge is 0.478 e. The smallest absolute Gasteiger partial charge is 0.355 e. The molecule has 0 spiro atoms. The van der Waals surface area contributed by atoms with Crippen molar-refractivity contribution < 1.29 is 49.5 Å². The normalized spacial score (nSPS) is 9.90. The summed E-state index contributed by atoms with van der Waals surface area (Å²) in [6.45, 7) is 0. The fraction of sp³-hybridized carbons (Fsp3) is 0. The molecule has 0 aliphatic carbocycles. The molecule has 11 nitrogen and oxygen atoms in total. The molecular weight excluding hydrogens is 294 g/mol. The Morgan fingerprint density at radius 1 is 0.524 bits per heavy atom. The molecule has 0 radical (unpaired) electrons. The molecule has 1 aromatic heterocycles. The molecule has 0 atom stereocenters. The topological polar surface area (TPSA) is 199 Å². The van der Waals surface area contributed by atoms with E-state index in [0.29, 0.717) is 0 Å². The first kappa shape index (κ1) is 15.6. The van der Waals surface area contributed by atoms with Gasteiger partial charge in [0.15, 0.2) is 11.4 Å². The Bertz CT molecular complexity index is 654. The fourth-order valence-electron chi connectivity index (χ4n) is 1.53. The fourth-order valence-corrected chi connectivity index (χ4v) is 1.53. The van der Waals surface area contributed by atoms with Gasteiger partial charge in [0.05, 0.1) is 5.56 Å². The van der Waals surface area contributed by atoms with Gasteiger partial charge in [0, 0.05) is 0 Å². The van der Waals surface area contributed by atoms with E-state index in [2.05, 4.69) is 4.98 Å². The summed E-state index contributed by atoms with van der Waals surface area (Å²) in [6, 6.07) is 0. The number of hydrogen-bond acceptors (Lipinski definition) is 6. The first-order chi connectivity index (χ1) is 9.59. The van der Waals surface area contributed by atoms with Crippen LogP contribution in [0.1, 0.15) is 52.1 Å². The molecule has 0 saturated heterocycles. The summed E-state index contributed by atoms with van der Waals surface area (Å²) in [4.78, 5) is 57.8. The van der Waals surface area contributed by atoms with Gasteiger partial charge in [-0.3, -0.25) is 0 Å². The summed E-state index contributed by atoms with van der Waals surface area (Å²) >= 11 is 0. The summed E-state index contributed by atoms with van der Waals surface area (Å²) in [6.07, 6.45) is 0. The number of carbonyl (C=O) groups is 5. The van der Waals surface area contributed by atoms with Gasteiger partial charge in [0.25, 0.3) is 0 Å². The molecular formula is C10H5NO10. The SMILES string of the molecule is O=C(O)c1nc(C(=O)O)c(C(=O)O)c(C(=O)O)c1C(=O)O.